The van der Waals surface area contributed by atoms with Gasteiger partial charge in [-0.1, -0.05) is 28.4 Å². The van der Waals surface area contributed by atoms with Crippen molar-refractivity contribution in [1.29, 1.82) is 0 Å². The van der Waals surface area contributed by atoms with E-state index < -0.39 is 45.2 Å². The number of fused-ring (bicyclic) bond motifs is 1. The van der Waals surface area contributed by atoms with Crippen LogP contribution in [0.5, 0.6) is 0 Å². The quantitative estimate of drug-likeness (QED) is 0.417. The van der Waals surface area contributed by atoms with E-state index in [1.807, 2.05) is 20.8 Å². The van der Waals surface area contributed by atoms with Crippen LogP contribution in [-0.2, 0) is 23.5 Å². The zero-order chi connectivity index (χ0) is 25.1. The Hall–Kier alpha value is -2.59. The molecule has 12 heteroatoms. The molecule has 2 aliphatic heterocycles. The van der Waals surface area contributed by atoms with Gasteiger partial charge in [-0.3, -0.25) is 9.78 Å². The topological polar surface area (TPSA) is 66.8 Å². The van der Waals surface area contributed by atoms with Crippen LogP contribution in [0.25, 0.3) is 0 Å². The molecule has 1 N–H and O–H groups in total. The number of pyridine rings is 1. The SMILES string of the molecule is CC(C)(C)NC(=O)c1cc2c(cn1)CN(C1=NOC(c3cc(Cl)c(F)c(Cl)c3)(C(F)(F)F)C1)C2. The molecule has 1 amide bonds. The number of alkyl halides is 3. The summed E-state index contributed by atoms with van der Waals surface area (Å²) in [6.45, 7) is 5.98. The number of hydrogen-bond acceptors (Lipinski definition) is 5. The van der Waals surface area contributed by atoms with Gasteiger partial charge in [-0.05, 0) is 50.1 Å². The minimum Gasteiger partial charge on any atom is -0.372 e. The third-order valence-electron chi connectivity index (χ3n) is 5.51. The van der Waals surface area contributed by atoms with E-state index >= 15 is 0 Å². The number of hydrogen-bond donors (Lipinski definition) is 1. The van der Waals surface area contributed by atoms with E-state index in [2.05, 4.69) is 15.5 Å². The number of benzene rings is 1. The molecule has 0 spiro atoms. The first kappa shape index (κ1) is 24.5. The first-order valence-corrected chi connectivity index (χ1v) is 11.0. The first-order valence-electron chi connectivity index (χ1n) is 10.2. The lowest BCUT2D eigenvalue weighted by molar-refractivity contribution is -0.275. The molecular weight excluding hydrogens is 499 g/mol. The van der Waals surface area contributed by atoms with Gasteiger partial charge in [0.25, 0.3) is 11.5 Å². The van der Waals surface area contributed by atoms with Crippen LogP contribution in [0, 0.1) is 5.82 Å². The van der Waals surface area contributed by atoms with Gasteiger partial charge in [0.15, 0.2) is 5.82 Å². The molecule has 3 heterocycles. The molecule has 1 unspecified atom stereocenters. The Labute approximate surface area is 202 Å². The highest BCUT2D eigenvalue weighted by atomic mass is 35.5. The average Bonchev–Trinajstić information content (AvgIpc) is 3.34. The molecule has 0 saturated carbocycles. The van der Waals surface area contributed by atoms with Crippen molar-refractivity contribution in [3.8, 4) is 0 Å². The van der Waals surface area contributed by atoms with Gasteiger partial charge in [0.1, 0.15) is 11.5 Å². The predicted molar refractivity (Wildman–Crippen MR) is 118 cm³/mol. The van der Waals surface area contributed by atoms with Crippen LogP contribution in [0.15, 0.2) is 29.6 Å². The number of halogens is 6. The summed E-state index contributed by atoms with van der Waals surface area (Å²) in [5, 5.41) is 5.44. The van der Waals surface area contributed by atoms with Gasteiger partial charge in [-0.25, -0.2) is 4.39 Å². The van der Waals surface area contributed by atoms with Gasteiger partial charge in [0.05, 0.1) is 16.5 Å². The van der Waals surface area contributed by atoms with E-state index in [1.165, 1.54) is 6.20 Å². The number of aromatic nitrogens is 1. The zero-order valence-corrected chi connectivity index (χ0v) is 19.9. The van der Waals surface area contributed by atoms with Crippen molar-refractivity contribution in [1.82, 2.24) is 15.2 Å². The summed E-state index contributed by atoms with van der Waals surface area (Å²) in [6.07, 6.45) is -4.03. The molecule has 0 fully saturated rings. The van der Waals surface area contributed by atoms with Crippen molar-refractivity contribution in [2.45, 2.75) is 57.6 Å². The fourth-order valence-electron chi connectivity index (χ4n) is 3.84. The highest BCUT2D eigenvalue weighted by molar-refractivity contribution is 6.35. The molecule has 4 rings (SSSR count). The van der Waals surface area contributed by atoms with Crippen LogP contribution in [0.4, 0.5) is 17.6 Å². The summed E-state index contributed by atoms with van der Waals surface area (Å²) in [6, 6.07) is 3.30. The lowest BCUT2D eigenvalue weighted by Gasteiger charge is -2.30. The Bertz CT molecular complexity index is 1170. The predicted octanol–water partition coefficient (Wildman–Crippen LogP) is 5.56. The van der Waals surface area contributed by atoms with Crippen molar-refractivity contribution in [2.24, 2.45) is 5.16 Å². The number of nitrogens with zero attached hydrogens (tertiary/aromatic N) is 3. The maximum atomic E-state index is 14.2. The summed E-state index contributed by atoms with van der Waals surface area (Å²) in [4.78, 5) is 23.2. The van der Waals surface area contributed by atoms with Gasteiger partial charge in [-0.15, -0.1) is 0 Å². The normalized spacial score (nSPS) is 20.1. The summed E-state index contributed by atoms with van der Waals surface area (Å²) in [5.41, 5.74) is -2.06. The number of rotatable bonds is 2. The Morgan fingerprint density at radius 1 is 1.12 bits per heavy atom. The molecule has 2 aromatic rings. The maximum Gasteiger partial charge on any atom is 0.435 e. The molecule has 0 radical (unpaired) electrons. The minimum atomic E-state index is -4.89. The molecule has 1 aromatic heterocycles. The number of amidine groups is 1. The Morgan fingerprint density at radius 2 is 1.74 bits per heavy atom. The van der Waals surface area contributed by atoms with Crippen LogP contribution in [0.1, 0.15) is 54.4 Å². The standard InChI is InChI=1S/C22H20Cl2F4N4O2/c1-20(2,3)30-19(33)16-4-11-9-32(10-12(11)8-29-16)17-7-21(34-31-17,22(26,27)28)13-5-14(23)18(25)15(24)6-13/h4-6,8H,7,9-10H2,1-3H3,(H,30,33). The lowest BCUT2D eigenvalue weighted by Crippen LogP contribution is -2.44. The number of amides is 1. The minimum absolute atomic E-state index is 0.0470. The lowest BCUT2D eigenvalue weighted by atomic mass is 9.89. The molecule has 182 valence electrons. The molecule has 2 aliphatic rings. The summed E-state index contributed by atoms with van der Waals surface area (Å²) >= 11 is 11.5. The highest BCUT2D eigenvalue weighted by Crippen LogP contribution is 2.50. The second-order valence-electron chi connectivity index (χ2n) is 9.25. The third kappa shape index (κ3) is 4.40. The second kappa shape index (κ2) is 8.27. The van der Waals surface area contributed by atoms with Crippen LogP contribution < -0.4 is 5.32 Å². The number of nitrogens with one attached hydrogen (secondary N) is 1. The van der Waals surface area contributed by atoms with E-state index in [1.54, 1.807) is 11.0 Å². The molecule has 0 aliphatic carbocycles. The van der Waals surface area contributed by atoms with Gasteiger partial charge < -0.3 is 15.1 Å². The van der Waals surface area contributed by atoms with E-state index in [0.29, 0.717) is 0 Å². The Morgan fingerprint density at radius 3 is 2.32 bits per heavy atom. The van der Waals surface area contributed by atoms with Crippen molar-refractivity contribution < 1.29 is 27.2 Å². The van der Waals surface area contributed by atoms with Crippen molar-refractivity contribution in [3.63, 3.8) is 0 Å². The number of carbonyl (C=O) groups excluding carboxylic acids is 1. The fraction of sp³-hybridized carbons (Fsp3) is 0.409. The smallest absolute Gasteiger partial charge is 0.372 e. The van der Waals surface area contributed by atoms with Gasteiger partial charge in [0, 0.05) is 30.4 Å². The maximum absolute atomic E-state index is 14.2. The number of oxime groups is 1. The largest absolute Gasteiger partial charge is 0.435 e. The summed E-state index contributed by atoms with van der Waals surface area (Å²) in [5.74, 6) is -1.32. The molecule has 6 nitrogen and oxygen atoms in total. The van der Waals surface area contributed by atoms with E-state index in [-0.39, 0.29) is 30.5 Å². The van der Waals surface area contributed by atoms with E-state index in [0.717, 1.165) is 23.3 Å². The van der Waals surface area contributed by atoms with Crippen LogP contribution in [-0.4, -0.2) is 33.3 Å². The molecule has 1 aromatic carbocycles. The van der Waals surface area contributed by atoms with Gasteiger partial charge >= 0.3 is 6.18 Å². The second-order valence-corrected chi connectivity index (χ2v) is 10.1. The average molecular weight is 519 g/mol. The molecule has 34 heavy (non-hydrogen) atoms. The van der Waals surface area contributed by atoms with Crippen LogP contribution >= 0.6 is 23.2 Å². The van der Waals surface area contributed by atoms with Crippen LogP contribution in [0.2, 0.25) is 10.0 Å². The van der Waals surface area contributed by atoms with Crippen molar-refractivity contribution in [3.05, 3.63) is 62.6 Å². The van der Waals surface area contributed by atoms with Crippen molar-refractivity contribution in [2.75, 3.05) is 0 Å². The summed E-state index contributed by atoms with van der Waals surface area (Å²) in [7, 11) is 0. The highest BCUT2D eigenvalue weighted by Gasteiger charge is 2.63. The van der Waals surface area contributed by atoms with Gasteiger partial charge in [0.2, 0.25) is 0 Å². The van der Waals surface area contributed by atoms with Gasteiger partial charge in [-0.2, -0.15) is 13.2 Å². The fourth-order valence-corrected chi connectivity index (χ4v) is 4.33. The number of carbonyl (C=O) groups is 1. The third-order valence-corrected chi connectivity index (χ3v) is 6.06. The Balaban J connectivity index is 1.57. The Kier molecular flexibility index (Phi) is 5.96. The molecule has 0 bridgehead atoms. The molecular formula is C22H20Cl2F4N4O2. The molecule has 0 saturated heterocycles. The summed E-state index contributed by atoms with van der Waals surface area (Å²) < 4.78 is 56.5. The monoisotopic (exact) mass is 518 g/mol. The first-order chi connectivity index (χ1) is 15.7. The van der Waals surface area contributed by atoms with Crippen LogP contribution in [0.3, 0.4) is 0 Å². The van der Waals surface area contributed by atoms with E-state index in [4.69, 9.17) is 28.0 Å². The zero-order valence-electron chi connectivity index (χ0n) is 18.4. The molecule has 1 atom stereocenters. The van der Waals surface area contributed by atoms with E-state index in [9.17, 15) is 22.4 Å². The van der Waals surface area contributed by atoms with Crippen molar-refractivity contribution >= 4 is 34.9 Å².